The summed E-state index contributed by atoms with van der Waals surface area (Å²) in [6.07, 6.45) is -1.86. The lowest BCUT2D eigenvalue weighted by Crippen LogP contribution is -2.40. The molecule has 1 rings (SSSR count). The maximum Gasteiger partial charge on any atom is 0.405 e. The minimum atomic E-state index is -4.47. The molecule has 0 fully saturated rings. The molecule has 0 spiro atoms. The van der Waals surface area contributed by atoms with Gasteiger partial charge in [-0.05, 0) is 13.0 Å². The summed E-state index contributed by atoms with van der Waals surface area (Å²) in [5.41, 5.74) is 0.601. The van der Waals surface area contributed by atoms with Gasteiger partial charge in [-0.2, -0.15) is 13.2 Å². The minimum Gasteiger partial charge on any atom is -0.345 e. The summed E-state index contributed by atoms with van der Waals surface area (Å²) in [6, 6.07) is 0. The zero-order chi connectivity index (χ0) is 15.2. The predicted octanol–water partition coefficient (Wildman–Crippen LogP) is 1.26. The summed E-state index contributed by atoms with van der Waals surface area (Å²) in [5, 5.41) is 6.40. The summed E-state index contributed by atoms with van der Waals surface area (Å²) < 4.78 is 35.4. The number of nitrogens with one attached hydrogen (secondary N) is 2. The number of hydrogen-bond donors (Lipinski definition) is 2. The zero-order valence-electron chi connectivity index (χ0n) is 10.5. The molecular weight excluding hydrogens is 295 g/mol. The van der Waals surface area contributed by atoms with E-state index in [9.17, 15) is 22.8 Å². The number of carbonyl (C=O) groups excluding carboxylic acids is 2. The van der Waals surface area contributed by atoms with Gasteiger partial charge >= 0.3 is 6.18 Å². The van der Waals surface area contributed by atoms with Crippen LogP contribution >= 0.6 is 11.3 Å². The highest BCUT2D eigenvalue weighted by atomic mass is 32.1. The van der Waals surface area contributed by atoms with Crippen molar-refractivity contribution in [2.24, 2.45) is 0 Å². The second-order valence-corrected chi connectivity index (χ2v) is 4.80. The van der Waals surface area contributed by atoms with Crippen LogP contribution in [0.15, 0.2) is 11.5 Å². The van der Waals surface area contributed by atoms with Crippen LogP contribution in [0.4, 0.5) is 13.2 Å². The molecule has 1 heterocycles. The van der Waals surface area contributed by atoms with Crippen molar-refractivity contribution in [1.29, 1.82) is 0 Å². The van der Waals surface area contributed by atoms with Gasteiger partial charge in [-0.1, -0.05) is 0 Å². The lowest BCUT2D eigenvalue weighted by molar-refractivity contribution is -0.138. The third-order valence-electron chi connectivity index (χ3n) is 1.95. The van der Waals surface area contributed by atoms with Crippen LogP contribution in [0.2, 0.25) is 0 Å². The third-order valence-corrected chi connectivity index (χ3v) is 2.74. The summed E-state index contributed by atoms with van der Waals surface area (Å²) in [7, 11) is 0. The number of thiazole rings is 1. The summed E-state index contributed by atoms with van der Waals surface area (Å²) in [6.45, 7) is -0.127. The van der Waals surface area contributed by atoms with E-state index in [1.165, 1.54) is 17.4 Å². The van der Waals surface area contributed by atoms with Crippen LogP contribution in [-0.2, 0) is 9.59 Å². The maximum atomic E-state index is 11.8. The predicted molar refractivity (Wildman–Crippen MR) is 68.0 cm³/mol. The Balaban J connectivity index is 2.29. The standard InChI is InChI=1S/C11H12F3N3O2S/c1-7-17-8(5-20-7)2-3-9(18)15-4-10(19)16-6-11(12,13)14/h2-3,5H,4,6H2,1H3,(H,15,18)(H,16,19)/b3-2+. The number of rotatable bonds is 5. The van der Waals surface area contributed by atoms with E-state index in [1.807, 2.05) is 6.92 Å². The molecule has 0 saturated carbocycles. The van der Waals surface area contributed by atoms with Gasteiger partial charge in [-0.3, -0.25) is 9.59 Å². The molecule has 1 aromatic rings. The van der Waals surface area contributed by atoms with Crippen LogP contribution in [0.5, 0.6) is 0 Å². The number of nitrogens with zero attached hydrogens (tertiary/aromatic N) is 1. The van der Waals surface area contributed by atoms with Crippen LogP contribution in [0.1, 0.15) is 10.7 Å². The first-order valence-corrected chi connectivity index (χ1v) is 6.36. The number of aryl methyl sites for hydroxylation is 1. The topological polar surface area (TPSA) is 71.1 Å². The van der Waals surface area contributed by atoms with Gasteiger partial charge < -0.3 is 10.6 Å². The molecule has 9 heteroatoms. The smallest absolute Gasteiger partial charge is 0.345 e. The van der Waals surface area contributed by atoms with Gasteiger partial charge in [0.1, 0.15) is 6.54 Å². The van der Waals surface area contributed by atoms with Crippen LogP contribution in [0.25, 0.3) is 6.08 Å². The van der Waals surface area contributed by atoms with Crippen LogP contribution in [0, 0.1) is 6.92 Å². The lowest BCUT2D eigenvalue weighted by atomic mass is 10.4. The second-order valence-electron chi connectivity index (χ2n) is 3.73. The van der Waals surface area contributed by atoms with Gasteiger partial charge in [-0.15, -0.1) is 11.3 Å². The van der Waals surface area contributed by atoms with Gasteiger partial charge in [0.15, 0.2) is 0 Å². The van der Waals surface area contributed by atoms with E-state index < -0.39 is 31.1 Å². The number of carbonyl (C=O) groups is 2. The zero-order valence-corrected chi connectivity index (χ0v) is 11.3. The largest absolute Gasteiger partial charge is 0.405 e. The molecular formula is C11H12F3N3O2S. The number of alkyl halides is 3. The van der Waals surface area contributed by atoms with Crippen LogP contribution in [0.3, 0.4) is 0 Å². The molecule has 0 aliphatic heterocycles. The van der Waals surface area contributed by atoms with E-state index in [0.717, 1.165) is 11.1 Å². The van der Waals surface area contributed by atoms with Crippen molar-refractivity contribution in [3.63, 3.8) is 0 Å². The van der Waals surface area contributed by atoms with Crippen molar-refractivity contribution >= 4 is 29.2 Å². The van der Waals surface area contributed by atoms with Crippen molar-refractivity contribution in [2.45, 2.75) is 13.1 Å². The van der Waals surface area contributed by atoms with E-state index in [1.54, 1.807) is 10.7 Å². The highest BCUT2D eigenvalue weighted by Crippen LogP contribution is 2.11. The Labute approximate surface area is 116 Å². The van der Waals surface area contributed by atoms with Crippen molar-refractivity contribution in [3.05, 3.63) is 22.2 Å². The SMILES string of the molecule is Cc1nc(/C=C/C(=O)NCC(=O)NCC(F)(F)F)cs1. The van der Waals surface area contributed by atoms with Gasteiger partial charge in [-0.25, -0.2) is 4.98 Å². The molecule has 0 aromatic carbocycles. The Morgan fingerprint density at radius 3 is 2.65 bits per heavy atom. The fourth-order valence-electron chi connectivity index (χ4n) is 1.11. The molecule has 2 N–H and O–H groups in total. The Morgan fingerprint density at radius 1 is 1.40 bits per heavy atom. The first-order valence-electron chi connectivity index (χ1n) is 5.48. The monoisotopic (exact) mass is 307 g/mol. The fraction of sp³-hybridized carbons (Fsp3) is 0.364. The molecule has 2 amide bonds. The number of amides is 2. The van der Waals surface area contributed by atoms with Crippen molar-refractivity contribution < 1.29 is 22.8 Å². The van der Waals surface area contributed by atoms with E-state index in [2.05, 4.69) is 10.3 Å². The average molecular weight is 307 g/mol. The number of hydrogen-bond acceptors (Lipinski definition) is 4. The van der Waals surface area contributed by atoms with E-state index in [-0.39, 0.29) is 0 Å². The Hall–Kier alpha value is -1.90. The van der Waals surface area contributed by atoms with E-state index >= 15 is 0 Å². The molecule has 0 aliphatic carbocycles. The Bertz CT molecular complexity index is 511. The first-order chi connectivity index (χ1) is 9.26. The van der Waals surface area contributed by atoms with E-state index in [4.69, 9.17) is 0 Å². The summed E-state index contributed by atoms with van der Waals surface area (Å²) in [5.74, 6) is -1.49. The average Bonchev–Trinajstić information content (AvgIpc) is 2.76. The van der Waals surface area contributed by atoms with Crippen LogP contribution in [-0.4, -0.2) is 36.1 Å². The molecule has 0 aliphatic rings. The second kappa shape index (κ2) is 7.04. The highest BCUT2D eigenvalue weighted by molar-refractivity contribution is 7.09. The molecule has 5 nitrogen and oxygen atoms in total. The van der Waals surface area contributed by atoms with Gasteiger partial charge in [0.25, 0.3) is 0 Å². The Kier molecular flexibility index (Phi) is 5.68. The Morgan fingerprint density at radius 2 is 2.10 bits per heavy atom. The highest BCUT2D eigenvalue weighted by Gasteiger charge is 2.27. The van der Waals surface area contributed by atoms with Crippen molar-refractivity contribution in [1.82, 2.24) is 15.6 Å². The molecule has 0 bridgehead atoms. The molecule has 0 radical (unpaired) electrons. The van der Waals surface area contributed by atoms with Gasteiger partial charge in [0.2, 0.25) is 11.8 Å². The lowest BCUT2D eigenvalue weighted by Gasteiger charge is -2.08. The van der Waals surface area contributed by atoms with E-state index in [0.29, 0.717) is 5.69 Å². The third kappa shape index (κ3) is 6.88. The van der Waals surface area contributed by atoms with Crippen LogP contribution < -0.4 is 10.6 Å². The van der Waals surface area contributed by atoms with Gasteiger partial charge in [0, 0.05) is 11.5 Å². The molecule has 20 heavy (non-hydrogen) atoms. The maximum absolute atomic E-state index is 11.8. The first kappa shape index (κ1) is 16.2. The molecule has 0 atom stereocenters. The normalized spacial score (nSPS) is 11.6. The number of halogens is 3. The molecule has 1 aromatic heterocycles. The summed E-state index contributed by atoms with van der Waals surface area (Å²) in [4.78, 5) is 26.4. The molecule has 110 valence electrons. The fourth-order valence-corrected chi connectivity index (χ4v) is 1.69. The number of aromatic nitrogens is 1. The van der Waals surface area contributed by atoms with Crippen molar-refractivity contribution in [3.8, 4) is 0 Å². The molecule has 0 unspecified atom stereocenters. The quantitative estimate of drug-likeness (QED) is 0.805. The molecule has 0 saturated heterocycles. The summed E-state index contributed by atoms with van der Waals surface area (Å²) >= 11 is 1.42. The minimum absolute atomic E-state index is 0.519. The van der Waals surface area contributed by atoms with Gasteiger partial charge in [0.05, 0.1) is 17.2 Å². The van der Waals surface area contributed by atoms with Crippen molar-refractivity contribution in [2.75, 3.05) is 13.1 Å².